The third-order valence-corrected chi connectivity index (χ3v) is 4.17. The molecule has 0 aliphatic heterocycles. The Morgan fingerprint density at radius 3 is 1.90 bits per heavy atom. The van der Waals surface area contributed by atoms with Crippen LogP contribution in [0, 0.1) is 0 Å². The lowest BCUT2D eigenvalue weighted by Crippen LogP contribution is -2.17. The van der Waals surface area contributed by atoms with Crippen LogP contribution in [0.1, 0.15) is 18.4 Å². The molecule has 0 saturated heterocycles. The molecule has 0 unspecified atom stereocenters. The second-order valence-corrected chi connectivity index (χ2v) is 6.61. The summed E-state index contributed by atoms with van der Waals surface area (Å²) in [6.07, 6.45) is -4.79. The molecule has 160 valence electrons. The van der Waals surface area contributed by atoms with Crippen LogP contribution in [-0.2, 0) is 15.8 Å². The molecule has 0 aromatic heterocycles. The van der Waals surface area contributed by atoms with Crippen LogP contribution in [-0.4, -0.2) is 11.8 Å². The molecule has 0 fully saturated rings. The first-order valence-corrected chi connectivity index (χ1v) is 9.39. The molecule has 31 heavy (non-hydrogen) atoms. The Balaban J connectivity index is 1.46. The van der Waals surface area contributed by atoms with E-state index in [2.05, 4.69) is 10.6 Å². The van der Waals surface area contributed by atoms with Gasteiger partial charge < -0.3 is 15.4 Å². The van der Waals surface area contributed by atoms with Gasteiger partial charge in [0.05, 0.1) is 5.56 Å². The average Bonchev–Trinajstić information content (AvgIpc) is 2.74. The maximum atomic E-state index is 12.7. The van der Waals surface area contributed by atoms with E-state index in [4.69, 9.17) is 4.74 Å². The van der Waals surface area contributed by atoms with Gasteiger partial charge >= 0.3 is 6.18 Å². The van der Waals surface area contributed by atoms with Crippen molar-refractivity contribution in [3.8, 4) is 11.5 Å². The predicted octanol–water partition coefficient (Wildman–Crippen LogP) is 5.86. The van der Waals surface area contributed by atoms with Crippen molar-refractivity contribution >= 4 is 23.2 Å². The molecule has 3 aromatic carbocycles. The van der Waals surface area contributed by atoms with E-state index in [-0.39, 0.29) is 18.5 Å². The average molecular weight is 428 g/mol. The molecule has 2 amide bonds. The summed E-state index contributed by atoms with van der Waals surface area (Å²) in [5.74, 6) is 0.340. The van der Waals surface area contributed by atoms with Crippen LogP contribution in [0.15, 0.2) is 78.9 Å². The van der Waals surface area contributed by atoms with E-state index in [9.17, 15) is 22.8 Å². The van der Waals surface area contributed by atoms with Gasteiger partial charge in [0.25, 0.3) is 0 Å². The first-order chi connectivity index (χ1) is 14.8. The first-order valence-electron chi connectivity index (χ1n) is 9.39. The van der Waals surface area contributed by atoms with Crippen molar-refractivity contribution in [3.63, 3.8) is 0 Å². The summed E-state index contributed by atoms with van der Waals surface area (Å²) in [6.45, 7) is 0. The highest BCUT2D eigenvalue weighted by Gasteiger charge is 2.30. The molecule has 0 bridgehead atoms. The van der Waals surface area contributed by atoms with E-state index in [0.29, 0.717) is 17.2 Å². The quantitative estimate of drug-likeness (QED) is 0.496. The molecule has 3 aromatic rings. The Morgan fingerprint density at radius 1 is 0.710 bits per heavy atom. The molecule has 0 saturated carbocycles. The molecule has 0 aliphatic carbocycles. The number of para-hydroxylation sites is 1. The van der Waals surface area contributed by atoms with Gasteiger partial charge in [0, 0.05) is 24.2 Å². The number of carbonyl (C=O) groups excluding carboxylic acids is 2. The van der Waals surface area contributed by atoms with E-state index >= 15 is 0 Å². The molecule has 5 nitrogen and oxygen atoms in total. The van der Waals surface area contributed by atoms with E-state index in [1.54, 1.807) is 24.3 Å². The van der Waals surface area contributed by atoms with Gasteiger partial charge in [-0.15, -0.1) is 0 Å². The van der Waals surface area contributed by atoms with Crippen LogP contribution < -0.4 is 15.4 Å². The van der Waals surface area contributed by atoms with Crippen LogP contribution in [0.3, 0.4) is 0 Å². The molecule has 2 N–H and O–H groups in total. The third-order valence-electron chi connectivity index (χ3n) is 4.17. The van der Waals surface area contributed by atoms with E-state index in [1.165, 1.54) is 12.1 Å². The highest BCUT2D eigenvalue weighted by atomic mass is 19.4. The van der Waals surface area contributed by atoms with Gasteiger partial charge in [-0.3, -0.25) is 9.59 Å². The van der Waals surface area contributed by atoms with Crippen molar-refractivity contribution in [2.45, 2.75) is 19.0 Å². The summed E-state index contributed by atoms with van der Waals surface area (Å²) in [5, 5.41) is 5.03. The smallest absolute Gasteiger partial charge is 0.416 e. The number of hydrogen-bond acceptors (Lipinski definition) is 3. The van der Waals surface area contributed by atoms with Gasteiger partial charge in [-0.1, -0.05) is 24.3 Å². The number of alkyl halides is 3. The molecule has 0 aliphatic rings. The lowest BCUT2D eigenvalue weighted by Gasteiger charge is -2.10. The zero-order chi connectivity index (χ0) is 22.3. The predicted molar refractivity (Wildman–Crippen MR) is 111 cm³/mol. The zero-order valence-corrected chi connectivity index (χ0v) is 16.3. The molecule has 0 spiro atoms. The second-order valence-electron chi connectivity index (χ2n) is 6.61. The fourth-order valence-corrected chi connectivity index (χ4v) is 2.68. The Hall–Kier alpha value is -3.81. The Morgan fingerprint density at radius 2 is 1.29 bits per heavy atom. The first kappa shape index (κ1) is 21.9. The van der Waals surface area contributed by atoms with Gasteiger partial charge in [0.1, 0.15) is 11.5 Å². The molecular formula is C23H19F3N2O3. The molecule has 0 heterocycles. The monoisotopic (exact) mass is 428 g/mol. The zero-order valence-electron chi connectivity index (χ0n) is 16.3. The molecule has 8 heteroatoms. The van der Waals surface area contributed by atoms with E-state index in [1.807, 2.05) is 30.3 Å². The van der Waals surface area contributed by atoms with Gasteiger partial charge in [-0.05, 0) is 54.6 Å². The standard InChI is InChI=1S/C23H19F3N2O3/c24-23(25,26)16-5-4-6-18(15-16)28-22(30)14-13-21(29)27-17-9-11-20(12-10-17)31-19-7-2-1-3-8-19/h1-12,15H,13-14H2,(H,27,29)(H,28,30). The van der Waals surface area contributed by atoms with Crippen molar-refractivity contribution in [3.05, 3.63) is 84.4 Å². The maximum absolute atomic E-state index is 12.7. The second kappa shape index (κ2) is 9.80. The molecule has 0 atom stereocenters. The number of anilines is 2. The topological polar surface area (TPSA) is 67.4 Å². The lowest BCUT2D eigenvalue weighted by molar-refractivity contribution is -0.137. The number of amides is 2. The van der Waals surface area contributed by atoms with Crippen LogP contribution in [0.2, 0.25) is 0 Å². The number of halogens is 3. The van der Waals surface area contributed by atoms with Crippen molar-refractivity contribution in [2.24, 2.45) is 0 Å². The van der Waals surface area contributed by atoms with Crippen LogP contribution in [0.4, 0.5) is 24.5 Å². The highest BCUT2D eigenvalue weighted by molar-refractivity contribution is 5.96. The normalized spacial score (nSPS) is 10.9. The fourth-order valence-electron chi connectivity index (χ4n) is 2.68. The number of nitrogens with one attached hydrogen (secondary N) is 2. The number of carbonyl (C=O) groups is 2. The minimum absolute atomic E-state index is 0.0224. The molecule has 3 rings (SSSR count). The summed E-state index contributed by atoms with van der Waals surface area (Å²) < 4.78 is 43.8. The molecule has 0 radical (unpaired) electrons. The van der Waals surface area contributed by atoms with Crippen molar-refractivity contribution in [2.75, 3.05) is 10.6 Å². The fraction of sp³-hybridized carbons (Fsp3) is 0.130. The maximum Gasteiger partial charge on any atom is 0.416 e. The van der Waals surface area contributed by atoms with Crippen molar-refractivity contribution < 1.29 is 27.5 Å². The minimum Gasteiger partial charge on any atom is -0.457 e. The highest BCUT2D eigenvalue weighted by Crippen LogP contribution is 2.30. The summed E-state index contributed by atoms with van der Waals surface area (Å²) in [6, 6.07) is 20.3. The number of benzene rings is 3. The summed E-state index contributed by atoms with van der Waals surface area (Å²) in [5.41, 5.74) is -0.305. The Kier molecular flexibility index (Phi) is 6.92. The van der Waals surface area contributed by atoms with Crippen LogP contribution in [0.25, 0.3) is 0 Å². The van der Waals surface area contributed by atoms with Gasteiger partial charge in [0.15, 0.2) is 0 Å². The summed E-state index contributed by atoms with van der Waals surface area (Å²) in [7, 11) is 0. The Bertz CT molecular complexity index is 1040. The van der Waals surface area contributed by atoms with Crippen molar-refractivity contribution in [1.82, 2.24) is 0 Å². The third kappa shape index (κ3) is 6.88. The van der Waals surface area contributed by atoms with E-state index < -0.39 is 23.6 Å². The van der Waals surface area contributed by atoms with Gasteiger partial charge in [-0.25, -0.2) is 0 Å². The number of hydrogen-bond donors (Lipinski definition) is 2. The van der Waals surface area contributed by atoms with E-state index in [0.717, 1.165) is 12.1 Å². The van der Waals surface area contributed by atoms with Crippen LogP contribution in [0.5, 0.6) is 11.5 Å². The number of ether oxygens (including phenoxy) is 1. The summed E-state index contributed by atoms with van der Waals surface area (Å²) >= 11 is 0. The summed E-state index contributed by atoms with van der Waals surface area (Å²) in [4.78, 5) is 24.0. The SMILES string of the molecule is O=C(CCC(=O)Nc1cccc(C(F)(F)F)c1)Nc1ccc(Oc2ccccc2)cc1. The lowest BCUT2D eigenvalue weighted by atomic mass is 10.2. The molecular weight excluding hydrogens is 409 g/mol. The Labute approximate surface area is 176 Å². The van der Waals surface area contributed by atoms with Crippen molar-refractivity contribution in [1.29, 1.82) is 0 Å². The minimum atomic E-state index is -4.50. The van der Waals surface area contributed by atoms with Crippen LogP contribution >= 0.6 is 0 Å². The van der Waals surface area contributed by atoms with Gasteiger partial charge in [0.2, 0.25) is 11.8 Å². The van der Waals surface area contributed by atoms with Gasteiger partial charge in [-0.2, -0.15) is 13.2 Å². The number of rotatable bonds is 7. The largest absolute Gasteiger partial charge is 0.457 e.